The largest absolute Gasteiger partial charge is 0.323 e. The molecule has 1 unspecified atom stereocenters. The summed E-state index contributed by atoms with van der Waals surface area (Å²) < 4.78 is 27.8. The summed E-state index contributed by atoms with van der Waals surface area (Å²) in [6.45, 7) is 1.71. The summed E-state index contributed by atoms with van der Waals surface area (Å²) in [5.41, 5.74) is 2.95. The molecule has 5 rings (SSSR count). The van der Waals surface area contributed by atoms with Crippen LogP contribution in [0.1, 0.15) is 42.7 Å². The summed E-state index contributed by atoms with van der Waals surface area (Å²) in [5, 5.41) is 3.27. The zero-order chi connectivity index (χ0) is 26.3. The van der Waals surface area contributed by atoms with Gasteiger partial charge in [0.25, 0.3) is 0 Å². The van der Waals surface area contributed by atoms with Crippen LogP contribution in [0, 0.1) is 17.6 Å². The minimum absolute atomic E-state index is 0.0379. The number of rotatable bonds is 4. The first-order valence-electron chi connectivity index (χ1n) is 11.8. The Morgan fingerprint density at radius 3 is 2.46 bits per heavy atom. The molecule has 188 valence electrons. The molecule has 3 aromatic rings. The monoisotopic (exact) mass is 538 g/mol. The molecule has 0 saturated heterocycles. The van der Waals surface area contributed by atoms with Crippen molar-refractivity contribution in [2.45, 2.75) is 31.6 Å². The smallest absolute Gasteiger partial charge is 0.234 e. The number of benzene rings is 3. The first kappa shape index (κ1) is 25.3. The Labute approximate surface area is 223 Å². The quantitative estimate of drug-likeness (QED) is 0.374. The Hall–Kier alpha value is -3.35. The highest BCUT2D eigenvalue weighted by Gasteiger charge is 2.44. The van der Waals surface area contributed by atoms with Gasteiger partial charge in [0.15, 0.2) is 5.78 Å². The van der Waals surface area contributed by atoms with Gasteiger partial charge in [-0.1, -0.05) is 59.6 Å². The molecule has 1 aliphatic heterocycles. The van der Waals surface area contributed by atoms with E-state index in [2.05, 4.69) is 5.32 Å². The van der Waals surface area contributed by atoms with Gasteiger partial charge < -0.3 is 5.32 Å². The van der Waals surface area contributed by atoms with E-state index in [1.807, 2.05) is 30.3 Å². The Morgan fingerprint density at radius 2 is 1.76 bits per heavy atom. The van der Waals surface area contributed by atoms with Crippen LogP contribution in [-0.2, 0) is 9.59 Å². The lowest BCUT2D eigenvalue weighted by Crippen LogP contribution is -2.40. The van der Waals surface area contributed by atoms with Gasteiger partial charge in [0.05, 0.1) is 11.6 Å². The maximum Gasteiger partial charge on any atom is 0.234 e. The summed E-state index contributed by atoms with van der Waals surface area (Å²) in [6.07, 6.45) is 0.797. The van der Waals surface area contributed by atoms with Gasteiger partial charge in [-0.3, -0.25) is 14.6 Å². The van der Waals surface area contributed by atoms with E-state index in [0.29, 0.717) is 45.1 Å². The molecule has 1 heterocycles. The van der Waals surface area contributed by atoms with Crippen LogP contribution in [0.2, 0.25) is 10.0 Å². The number of aliphatic imine (C=N–C) groups is 1. The molecule has 1 N–H and O–H groups in total. The van der Waals surface area contributed by atoms with Crippen molar-refractivity contribution in [1.29, 1.82) is 0 Å². The van der Waals surface area contributed by atoms with Gasteiger partial charge in [0, 0.05) is 45.4 Å². The fourth-order valence-electron chi connectivity index (χ4n) is 5.25. The second-order valence-electron chi connectivity index (χ2n) is 9.29. The predicted octanol–water partition coefficient (Wildman–Crippen LogP) is 7.49. The topological polar surface area (TPSA) is 58.5 Å². The highest BCUT2D eigenvalue weighted by molar-refractivity contribution is 6.35. The molecular weight excluding hydrogens is 517 g/mol. The van der Waals surface area contributed by atoms with E-state index in [1.165, 1.54) is 0 Å². The highest BCUT2D eigenvalue weighted by atomic mass is 35.5. The van der Waals surface area contributed by atoms with Gasteiger partial charge in [-0.05, 0) is 54.7 Å². The number of carbonyl (C=O) groups excluding carboxylic acids is 2. The fourth-order valence-corrected chi connectivity index (χ4v) is 5.78. The van der Waals surface area contributed by atoms with Crippen molar-refractivity contribution in [2.75, 3.05) is 5.32 Å². The van der Waals surface area contributed by atoms with Crippen LogP contribution in [0.15, 0.2) is 83.0 Å². The number of carbonyl (C=O) groups is 2. The van der Waals surface area contributed by atoms with Gasteiger partial charge in [0.2, 0.25) is 5.91 Å². The second-order valence-corrected chi connectivity index (χ2v) is 10.1. The summed E-state index contributed by atoms with van der Waals surface area (Å²) in [6, 6.07) is 17.6. The van der Waals surface area contributed by atoms with Crippen molar-refractivity contribution in [3.8, 4) is 0 Å². The van der Waals surface area contributed by atoms with Crippen LogP contribution < -0.4 is 5.32 Å². The number of Topliss-reactive ketones (excluding diaryl/α,β-unsaturated/α-hetero) is 1. The normalized spacial score (nSPS) is 21.4. The van der Waals surface area contributed by atoms with Gasteiger partial charge in [0.1, 0.15) is 11.6 Å². The number of nitrogens with zero attached hydrogens (tertiary/aromatic N) is 1. The van der Waals surface area contributed by atoms with Crippen LogP contribution in [0.5, 0.6) is 0 Å². The molecule has 1 aliphatic carbocycles. The second kappa shape index (κ2) is 10.2. The Morgan fingerprint density at radius 1 is 1.00 bits per heavy atom. The molecule has 0 radical (unpaired) electrons. The molecular formula is C29H22Cl2F2N2O2. The molecule has 0 fully saturated rings. The number of allylic oxidation sites excluding steroid dienone is 2. The molecule has 0 bridgehead atoms. The number of nitrogens with one attached hydrogen (secondary N) is 1. The zero-order valence-electron chi connectivity index (χ0n) is 19.8. The number of hydrogen-bond acceptors (Lipinski definition) is 3. The fraction of sp³-hybridized carbons (Fsp3) is 0.207. The Balaban J connectivity index is 1.59. The van der Waals surface area contributed by atoms with Crippen molar-refractivity contribution in [1.82, 2.24) is 0 Å². The van der Waals surface area contributed by atoms with Gasteiger partial charge in [-0.15, -0.1) is 0 Å². The first-order chi connectivity index (χ1) is 17.7. The van der Waals surface area contributed by atoms with Gasteiger partial charge >= 0.3 is 0 Å². The standard InChI is InChI=1S/C29H22Cl2F2N2O2/c1-15-26(29(37)35-23-10-8-19(32)14-22(23)33)27(20-9-7-18(30)13-21(20)31)28-24(34-15)11-17(12-25(28)36)16-5-3-2-4-6-16/h2-10,13-14,17,26-27H,11-12H2,1H3,(H,35,37)/t17-,26?,27+/m1/s1. The SMILES string of the molecule is CC1=NC2=C(C(=O)C[C@H](c3ccccc3)C2)[C@@H](c2ccc(Cl)cc2Cl)C1C(=O)Nc1ccc(F)cc1F. The van der Waals surface area contributed by atoms with Crippen molar-refractivity contribution in [3.05, 3.63) is 111 Å². The van der Waals surface area contributed by atoms with Crippen LogP contribution in [-0.4, -0.2) is 17.4 Å². The average molecular weight is 539 g/mol. The number of halogens is 4. The molecule has 3 aromatic carbocycles. The van der Waals surface area contributed by atoms with E-state index in [4.69, 9.17) is 28.2 Å². The van der Waals surface area contributed by atoms with E-state index in [9.17, 15) is 18.4 Å². The van der Waals surface area contributed by atoms with E-state index < -0.39 is 29.4 Å². The van der Waals surface area contributed by atoms with Gasteiger partial charge in [-0.2, -0.15) is 0 Å². The molecule has 4 nitrogen and oxygen atoms in total. The zero-order valence-corrected chi connectivity index (χ0v) is 21.3. The third-order valence-electron chi connectivity index (χ3n) is 6.93. The maximum absolute atomic E-state index is 14.4. The summed E-state index contributed by atoms with van der Waals surface area (Å²) in [5.74, 6) is -4.08. The number of ketones is 1. The summed E-state index contributed by atoms with van der Waals surface area (Å²) >= 11 is 12.7. The Kier molecular flexibility index (Phi) is 6.97. The molecule has 8 heteroatoms. The molecule has 2 aliphatic rings. The lowest BCUT2D eigenvalue weighted by atomic mass is 9.69. The van der Waals surface area contributed by atoms with Gasteiger partial charge in [-0.25, -0.2) is 8.78 Å². The Bertz CT molecular complexity index is 1470. The van der Waals surface area contributed by atoms with Crippen molar-refractivity contribution in [2.24, 2.45) is 10.9 Å². The van der Waals surface area contributed by atoms with Crippen LogP contribution in [0.25, 0.3) is 0 Å². The number of amides is 1. The van der Waals surface area contributed by atoms with Crippen LogP contribution >= 0.6 is 23.2 Å². The molecule has 37 heavy (non-hydrogen) atoms. The lowest BCUT2D eigenvalue weighted by Gasteiger charge is -2.37. The number of anilines is 1. The summed E-state index contributed by atoms with van der Waals surface area (Å²) in [4.78, 5) is 32.0. The minimum atomic E-state index is -0.945. The molecule has 0 saturated carbocycles. The highest BCUT2D eigenvalue weighted by Crippen LogP contribution is 2.48. The van der Waals surface area contributed by atoms with E-state index >= 15 is 0 Å². The van der Waals surface area contributed by atoms with E-state index in [-0.39, 0.29) is 23.8 Å². The van der Waals surface area contributed by atoms with E-state index in [1.54, 1.807) is 25.1 Å². The molecule has 1 amide bonds. The minimum Gasteiger partial charge on any atom is -0.323 e. The molecule has 0 aromatic heterocycles. The first-order valence-corrected chi connectivity index (χ1v) is 12.6. The third-order valence-corrected chi connectivity index (χ3v) is 7.49. The van der Waals surface area contributed by atoms with Crippen LogP contribution in [0.3, 0.4) is 0 Å². The van der Waals surface area contributed by atoms with Crippen molar-refractivity contribution in [3.63, 3.8) is 0 Å². The average Bonchev–Trinajstić information content (AvgIpc) is 2.85. The number of hydrogen-bond donors (Lipinski definition) is 1. The lowest BCUT2D eigenvalue weighted by molar-refractivity contribution is -0.119. The summed E-state index contributed by atoms with van der Waals surface area (Å²) in [7, 11) is 0. The van der Waals surface area contributed by atoms with Crippen molar-refractivity contribution < 1.29 is 18.4 Å². The predicted molar refractivity (Wildman–Crippen MR) is 141 cm³/mol. The third kappa shape index (κ3) is 4.96. The molecule has 0 spiro atoms. The molecule has 3 atom stereocenters. The maximum atomic E-state index is 14.4. The van der Waals surface area contributed by atoms with E-state index in [0.717, 1.165) is 17.7 Å². The van der Waals surface area contributed by atoms with Crippen LogP contribution in [0.4, 0.5) is 14.5 Å². The van der Waals surface area contributed by atoms with Crippen molar-refractivity contribution >= 4 is 46.3 Å².